The fraction of sp³-hybridized carbons (Fsp3) is 0.350. The molecular formula is C20H21F3N2O4S. The molecule has 0 aliphatic carbocycles. The molecule has 3 rings (SSSR count). The predicted octanol–water partition coefficient (Wildman–Crippen LogP) is 3.28. The molecule has 6 nitrogen and oxygen atoms in total. The molecule has 0 saturated carbocycles. The number of anilines is 1. The van der Waals surface area contributed by atoms with Gasteiger partial charge in [0.2, 0.25) is 5.91 Å². The van der Waals surface area contributed by atoms with Crippen molar-refractivity contribution >= 4 is 21.7 Å². The average Bonchev–Trinajstić information content (AvgIpc) is 2.67. The van der Waals surface area contributed by atoms with Crippen LogP contribution in [0.2, 0.25) is 0 Å². The second-order valence-electron chi connectivity index (χ2n) is 6.97. The van der Waals surface area contributed by atoms with Gasteiger partial charge in [0.15, 0.2) is 0 Å². The number of rotatable bonds is 5. The number of alkyl halides is 3. The molecule has 0 aromatic heterocycles. The second-order valence-corrected chi connectivity index (χ2v) is 8.54. The quantitative estimate of drug-likeness (QED) is 0.665. The maximum Gasteiger partial charge on any atom is 0.416 e. The number of hydrogen-bond acceptors (Lipinski definition) is 5. The van der Waals surface area contributed by atoms with Crippen LogP contribution >= 0.6 is 0 Å². The first kappa shape index (κ1) is 21.9. The molecule has 0 bridgehead atoms. The molecule has 1 aliphatic rings. The summed E-state index contributed by atoms with van der Waals surface area (Å²) < 4.78 is 68.0. The number of nitrogens with zero attached hydrogens (tertiary/aromatic N) is 2. The zero-order valence-electron chi connectivity index (χ0n) is 16.2. The van der Waals surface area contributed by atoms with E-state index >= 15 is 0 Å². The fourth-order valence-corrected chi connectivity index (χ4v) is 4.26. The van der Waals surface area contributed by atoms with Crippen molar-refractivity contribution in [2.75, 3.05) is 31.1 Å². The van der Waals surface area contributed by atoms with E-state index in [1.165, 1.54) is 25.1 Å². The lowest BCUT2D eigenvalue weighted by Crippen LogP contribution is -2.48. The molecule has 0 spiro atoms. The highest BCUT2D eigenvalue weighted by atomic mass is 32.2. The Balaban J connectivity index is 1.63. The van der Waals surface area contributed by atoms with Crippen molar-refractivity contribution in [2.45, 2.75) is 18.9 Å². The van der Waals surface area contributed by atoms with E-state index in [9.17, 15) is 26.4 Å². The average molecular weight is 442 g/mol. The molecule has 0 unspecified atom stereocenters. The number of amides is 1. The smallest absolute Gasteiger partial charge is 0.382 e. The van der Waals surface area contributed by atoms with Gasteiger partial charge in [0.25, 0.3) is 0 Å². The zero-order valence-corrected chi connectivity index (χ0v) is 17.0. The Bertz CT molecular complexity index is 999. The maximum atomic E-state index is 12.8. The first-order chi connectivity index (χ1) is 14.0. The van der Waals surface area contributed by atoms with Gasteiger partial charge in [0.1, 0.15) is 11.5 Å². The summed E-state index contributed by atoms with van der Waals surface area (Å²) in [6, 6.07) is 10.6. The lowest BCUT2D eigenvalue weighted by molar-refractivity contribution is -0.137. The normalized spacial score (nSPS) is 15.2. The van der Waals surface area contributed by atoms with Gasteiger partial charge in [-0.1, -0.05) is 18.2 Å². The van der Waals surface area contributed by atoms with Crippen LogP contribution in [0, 0.1) is 0 Å². The van der Waals surface area contributed by atoms with Crippen LogP contribution < -0.4 is 9.08 Å². The van der Waals surface area contributed by atoms with Crippen LogP contribution in [0.1, 0.15) is 18.1 Å². The first-order valence-corrected chi connectivity index (χ1v) is 10.8. The van der Waals surface area contributed by atoms with Crippen LogP contribution in [-0.4, -0.2) is 45.4 Å². The Morgan fingerprint density at radius 3 is 2.23 bits per heavy atom. The summed E-state index contributed by atoms with van der Waals surface area (Å²) in [5.74, 6) is -0.566. The van der Waals surface area contributed by atoms with E-state index in [4.69, 9.17) is 4.18 Å². The van der Waals surface area contributed by atoms with Crippen LogP contribution in [0.4, 0.5) is 18.9 Å². The minimum atomic E-state index is -4.55. The minimum Gasteiger partial charge on any atom is -0.382 e. The molecule has 0 atom stereocenters. The standard InChI is InChI=1S/C20H21F3N2O4S/c1-15(26)24-9-11-25(12-10-24)18-5-7-19(8-6-18)29-30(27,28)14-16-3-2-4-17(13-16)20(21,22)23/h2-8,13H,9-12,14H2,1H3. The van der Waals surface area contributed by atoms with Crippen molar-refractivity contribution in [1.82, 2.24) is 4.90 Å². The SMILES string of the molecule is CC(=O)N1CCN(c2ccc(OS(=O)(=O)Cc3cccc(C(F)(F)F)c3)cc2)CC1. The highest BCUT2D eigenvalue weighted by molar-refractivity contribution is 7.86. The van der Waals surface area contributed by atoms with Gasteiger partial charge in [0, 0.05) is 38.8 Å². The van der Waals surface area contributed by atoms with Gasteiger partial charge >= 0.3 is 16.3 Å². The topological polar surface area (TPSA) is 66.9 Å². The maximum absolute atomic E-state index is 12.8. The molecule has 2 aromatic rings. The van der Waals surface area contributed by atoms with Crippen molar-refractivity contribution in [2.24, 2.45) is 0 Å². The Kier molecular flexibility index (Phi) is 6.25. The molecule has 1 saturated heterocycles. The van der Waals surface area contributed by atoms with Crippen molar-refractivity contribution in [3.05, 3.63) is 59.7 Å². The minimum absolute atomic E-state index is 0.00946. The Morgan fingerprint density at radius 1 is 1.03 bits per heavy atom. The van der Waals surface area contributed by atoms with Crippen LogP contribution in [0.5, 0.6) is 5.75 Å². The third-order valence-corrected chi connectivity index (χ3v) is 5.88. The molecule has 1 fully saturated rings. The largest absolute Gasteiger partial charge is 0.416 e. The highest BCUT2D eigenvalue weighted by Crippen LogP contribution is 2.30. The van der Waals surface area contributed by atoms with Crippen LogP contribution in [0.25, 0.3) is 0 Å². The number of benzene rings is 2. The second kappa shape index (κ2) is 8.55. The molecular weight excluding hydrogens is 421 g/mol. The van der Waals surface area contributed by atoms with Gasteiger partial charge in [0.05, 0.1) is 5.56 Å². The van der Waals surface area contributed by atoms with E-state index in [2.05, 4.69) is 4.90 Å². The summed E-state index contributed by atoms with van der Waals surface area (Å²) in [5.41, 5.74) is -0.0601. The van der Waals surface area contributed by atoms with Crippen molar-refractivity contribution in [3.8, 4) is 5.75 Å². The summed E-state index contributed by atoms with van der Waals surface area (Å²) in [6.45, 7) is 4.07. The van der Waals surface area contributed by atoms with Gasteiger partial charge in [-0.05, 0) is 35.9 Å². The summed E-state index contributed by atoms with van der Waals surface area (Å²) in [6.07, 6.45) is -4.55. The molecule has 0 radical (unpaired) electrons. The third-order valence-electron chi connectivity index (χ3n) is 4.75. The monoisotopic (exact) mass is 442 g/mol. The molecule has 10 heteroatoms. The van der Waals surface area contributed by atoms with Crippen molar-refractivity contribution < 1.29 is 30.6 Å². The zero-order chi connectivity index (χ0) is 21.9. The van der Waals surface area contributed by atoms with E-state index in [1.54, 1.807) is 17.0 Å². The lowest BCUT2D eigenvalue weighted by atomic mass is 10.1. The van der Waals surface area contributed by atoms with Gasteiger partial charge < -0.3 is 14.0 Å². The van der Waals surface area contributed by atoms with Crippen LogP contribution in [0.3, 0.4) is 0 Å². The molecule has 2 aromatic carbocycles. The van der Waals surface area contributed by atoms with E-state index in [0.717, 1.165) is 23.9 Å². The highest BCUT2D eigenvalue weighted by Gasteiger charge is 2.30. The number of halogens is 3. The summed E-state index contributed by atoms with van der Waals surface area (Å²) in [5, 5.41) is 0. The molecule has 0 N–H and O–H groups in total. The van der Waals surface area contributed by atoms with Crippen molar-refractivity contribution in [3.63, 3.8) is 0 Å². The van der Waals surface area contributed by atoms with E-state index < -0.39 is 27.6 Å². The Hall–Kier alpha value is -2.75. The van der Waals surface area contributed by atoms with E-state index in [0.29, 0.717) is 26.2 Å². The number of carbonyl (C=O) groups is 1. The Labute approximate surface area is 173 Å². The third kappa shape index (κ3) is 5.65. The van der Waals surface area contributed by atoms with Crippen molar-refractivity contribution in [1.29, 1.82) is 0 Å². The first-order valence-electron chi connectivity index (χ1n) is 9.22. The van der Waals surface area contributed by atoms with Crippen LogP contribution in [-0.2, 0) is 26.8 Å². The summed E-state index contributed by atoms with van der Waals surface area (Å²) in [4.78, 5) is 15.2. The predicted molar refractivity (Wildman–Crippen MR) is 106 cm³/mol. The van der Waals surface area contributed by atoms with E-state index in [1.807, 2.05) is 0 Å². The molecule has 1 amide bonds. The van der Waals surface area contributed by atoms with Crippen LogP contribution in [0.15, 0.2) is 48.5 Å². The van der Waals surface area contributed by atoms with Gasteiger partial charge in [-0.25, -0.2) is 0 Å². The Morgan fingerprint density at radius 2 is 1.67 bits per heavy atom. The lowest BCUT2D eigenvalue weighted by Gasteiger charge is -2.35. The molecule has 1 heterocycles. The number of hydrogen-bond donors (Lipinski definition) is 0. The van der Waals surface area contributed by atoms with E-state index in [-0.39, 0.29) is 17.2 Å². The number of piperazine rings is 1. The fourth-order valence-electron chi connectivity index (χ4n) is 3.21. The number of carbonyl (C=O) groups excluding carboxylic acids is 1. The van der Waals surface area contributed by atoms with Gasteiger partial charge in [-0.3, -0.25) is 4.79 Å². The summed E-state index contributed by atoms with van der Waals surface area (Å²) in [7, 11) is -4.13. The molecule has 1 aliphatic heterocycles. The molecule has 30 heavy (non-hydrogen) atoms. The van der Waals surface area contributed by atoms with Gasteiger partial charge in [-0.2, -0.15) is 21.6 Å². The van der Waals surface area contributed by atoms with Gasteiger partial charge in [-0.15, -0.1) is 0 Å². The molecule has 162 valence electrons. The summed E-state index contributed by atoms with van der Waals surface area (Å²) >= 11 is 0.